The molecule has 4 aromatic rings. The van der Waals surface area contributed by atoms with Gasteiger partial charge in [-0.2, -0.15) is 0 Å². The molecule has 0 amide bonds. The molecule has 4 aromatic carbocycles. The van der Waals surface area contributed by atoms with E-state index < -0.39 is 0 Å². The van der Waals surface area contributed by atoms with Crippen LogP contribution < -0.4 is 0 Å². The molecule has 0 N–H and O–H groups in total. The molecule has 0 heterocycles. The van der Waals surface area contributed by atoms with E-state index >= 15 is 0 Å². The summed E-state index contributed by atoms with van der Waals surface area (Å²) in [5.41, 5.74) is 9.63. The summed E-state index contributed by atoms with van der Waals surface area (Å²) >= 11 is 3.88. The van der Waals surface area contributed by atoms with Gasteiger partial charge >= 0.3 is 0 Å². The van der Waals surface area contributed by atoms with Crippen molar-refractivity contribution in [2.75, 3.05) is 0 Å². The molecular formula is C29H27Br. The minimum absolute atomic E-state index is 0.0590. The van der Waals surface area contributed by atoms with E-state index in [1.165, 1.54) is 54.2 Å². The van der Waals surface area contributed by atoms with Crippen LogP contribution in [0.1, 0.15) is 51.3 Å². The van der Waals surface area contributed by atoms with Gasteiger partial charge in [0.25, 0.3) is 0 Å². The Kier molecular flexibility index (Phi) is 4.28. The van der Waals surface area contributed by atoms with Gasteiger partial charge in [0.05, 0.1) is 0 Å². The Labute approximate surface area is 188 Å². The van der Waals surface area contributed by atoms with Crippen molar-refractivity contribution in [3.05, 3.63) is 94.0 Å². The van der Waals surface area contributed by atoms with Crippen LogP contribution in [0.5, 0.6) is 0 Å². The number of hydrogen-bond acceptors (Lipinski definition) is 0. The Bertz CT molecular complexity index is 1280. The van der Waals surface area contributed by atoms with Crippen molar-refractivity contribution in [1.82, 2.24) is 0 Å². The lowest BCUT2D eigenvalue weighted by Crippen LogP contribution is -2.16. The lowest BCUT2D eigenvalue weighted by atomic mass is 9.78. The van der Waals surface area contributed by atoms with Crippen molar-refractivity contribution < 1.29 is 0 Å². The zero-order chi connectivity index (χ0) is 21.3. The standard InChI is InChI=1S/C29H27Br/c1-28(2,3)21-12-10-18(11-13-21)22-14-15-25(30)26-23-16-19-8-6-7-9-20(19)17-24(23)29(4,5)27(22)26/h6-17H,1-5H3. The maximum Gasteiger partial charge on any atom is 0.0257 e. The van der Waals surface area contributed by atoms with E-state index in [1.807, 2.05) is 0 Å². The molecule has 0 unspecified atom stereocenters. The molecule has 0 nitrogen and oxygen atoms in total. The highest BCUT2D eigenvalue weighted by molar-refractivity contribution is 9.10. The minimum Gasteiger partial charge on any atom is -0.0616 e. The molecule has 0 fully saturated rings. The Balaban J connectivity index is 1.77. The zero-order valence-electron chi connectivity index (χ0n) is 18.3. The number of fused-ring (bicyclic) bond motifs is 4. The first-order chi connectivity index (χ1) is 14.2. The summed E-state index contributed by atoms with van der Waals surface area (Å²) in [5.74, 6) is 0. The molecule has 1 aliphatic rings. The monoisotopic (exact) mass is 454 g/mol. The Morgan fingerprint density at radius 1 is 0.733 bits per heavy atom. The van der Waals surface area contributed by atoms with Crippen molar-refractivity contribution in [3.8, 4) is 22.3 Å². The SMILES string of the molecule is CC(C)(C)c1ccc(-c2ccc(Br)c3c2C(C)(C)c2cc4ccccc4cc2-3)cc1. The topological polar surface area (TPSA) is 0 Å². The minimum atomic E-state index is -0.0590. The fourth-order valence-corrected chi connectivity index (χ4v) is 5.52. The Morgan fingerprint density at radius 2 is 1.37 bits per heavy atom. The lowest BCUT2D eigenvalue weighted by molar-refractivity contribution is 0.590. The smallest absolute Gasteiger partial charge is 0.0257 e. The van der Waals surface area contributed by atoms with Crippen LogP contribution in [0.4, 0.5) is 0 Å². The summed E-state index contributed by atoms with van der Waals surface area (Å²) in [7, 11) is 0. The van der Waals surface area contributed by atoms with Crippen molar-refractivity contribution in [1.29, 1.82) is 0 Å². The van der Waals surface area contributed by atoms with E-state index in [1.54, 1.807) is 0 Å². The Morgan fingerprint density at radius 3 is 2.00 bits per heavy atom. The molecule has 0 saturated carbocycles. The van der Waals surface area contributed by atoms with Crippen molar-refractivity contribution in [2.24, 2.45) is 0 Å². The summed E-state index contributed by atoms with van der Waals surface area (Å²) in [5, 5.41) is 2.61. The van der Waals surface area contributed by atoms with Crippen LogP contribution in [0, 0.1) is 0 Å². The van der Waals surface area contributed by atoms with E-state index in [4.69, 9.17) is 0 Å². The largest absolute Gasteiger partial charge is 0.0616 e. The molecule has 0 aliphatic heterocycles. The second kappa shape index (κ2) is 6.56. The molecule has 0 bridgehead atoms. The van der Waals surface area contributed by atoms with Crippen molar-refractivity contribution in [3.63, 3.8) is 0 Å². The molecular weight excluding hydrogens is 428 g/mol. The number of rotatable bonds is 1. The van der Waals surface area contributed by atoms with E-state index in [2.05, 4.69) is 123 Å². The molecule has 0 spiro atoms. The summed E-state index contributed by atoms with van der Waals surface area (Å²) in [4.78, 5) is 0. The molecule has 0 saturated heterocycles. The predicted octanol–water partition coefficient (Wildman–Crippen LogP) is 8.87. The van der Waals surface area contributed by atoms with Gasteiger partial charge in [-0.1, -0.05) is 105 Å². The first kappa shape index (κ1) is 19.6. The van der Waals surface area contributed by atoms with Gasteiger partial charge in [-0.15, -0.1) is 0 Å². The highest BCUT2D eigenvalue weighted by Gasteiger charge is 2.39. The molecule has 0 atom stereocenters. The molecule has 0 radical (unpaired) electrons. The molecule has 1 aliphatic carbocycles. The van der Waals surface area contributed by atoms with Crippen LogP contribution in [0.3, 0.4) is 0 Å². The summed E-state index contributed by atoms with van der Waals surface area (Å²) in [6.45, 7) is 11.5. The fourth-order valence-electron chi connectivity index (χ4n) is 4.98. The molecule has 0 aromatic heterocycles. The second-order valence-corrected chi connectivity index (χ2v) is 10.9. The van der Waals surface area contributed by atoms with Crippen LogP contribution in [-0.2, 0) is 10.8 Å². The summed E-state index contributed by atoms with van der Waals surface area (Å²) in [6, 6.07) is 27.1. The van der Waals surface area contributed by atoms with Gasteiger partial charge in [0.1, 0.15) is 0 Å². The molecule has 30 heavy (non-hydrogen) atoms. The van der Waals surface area contributed by atoms with Crippen LogP contribution in [0.2, 0.25) is 0 Å². The van der Waals surface area contributed by atoms with Gasteiger partial charge in [-0.25, -0.2) is 0 Å². The number of hydrogen-bond donors (Lipinski definition) is 0. The average molecular weight is 455 g/mol. The highest BCUT2D eigenvalue weighted by Crippen LogP contribution is 2.55. The zero-order valence-corrected chi connectivity index (χ0v) is 19.9. The first-order valence-electron chi connectivity index (χ1n) is 10.7. The molecule has 1 heteroatoms. The molecule has 5 rings (SSSR count). The van der Waals surface area contributed by atoms with Crippen molar-refractivity contribution >= 4 is 26.7 Å². The van der Waals surface area contributed by atoms with Gasteiger partial charge in [0.15, 0.2) is 0 Å². The molecule has 150 valence electrons. The highest BCUT2D eigenvalue weighted by atomic mass is 79.9. The van der Waals surface area contributed by atoms with E-state index in [0.29, 0.717) is 0 Å². The second-order valence-electron chi connectivity index (χ2n) is 10.0. The third-order valence-corrected chi connectivity index (χ3v) is 7.33. The van der Waals surface area contributed by atoms with Gasteiger partial charge in [0.2, 0.25) is 0 Å². The quantitative estimate of drug-likeness (QED) is 0.269. The van der Waals surface area contributed by atoms with Gasteiger partial charge in [-0.05, 0) is 67.8 Å². The third-order valence-electron chi connectivity index (χ3n) is 6.67. The summed E-state index contributed by atoms with van der Waals surface area (Å²) < 4.78 is 1.18. The number of halogens is 1. The van der Waals surface area contributed by atoms with Crippen LogP contribution in [-0.4, -0.2) is 0 Å². The predicted molar refractivity (Wildman–Crippen MR) is 133 cm³/mol. The summed E-state index contributed by atoms with van der Waals surface area (Å²) in [6.07, 6.45) is 0. The van der Waals surface area contributed by atoms with Gasteiger partial charge < -0.3 is 0 Å². The van der Waals surface area contributed by atoms with Crippen LogP contribution in [0.25, 0.3) is 33.0 Å². The first-order valence-corrected chi connectivity index (χ1v) is 11.4. The maximum absolute atomic E-state index is 3.88. The van der Waals surface area contributed by atoms with Gasteiger partial charge in [0, 0.05) is 15.5 Å². The lowest BCUT2D eigenvalue weighted by Gasteiger charge is -2.25. The van der Waals surface area contributed by atoms with Crippen molar-refractivity contribution in [2.45, 2.75) is 45.4 Å². The normalized spacial score (nSPS) is 14.6. The van der Waals surface area contributed by atoms with E-state index in [0.717, 1.165) is 0 Å². The third kappa shape index (κ3) is 2.87. The Hall–Kier alpha value is -2.38. The van der Waals surface area contributed by atoms with E-state index in [9.17, 15) is 0 Å². The van der Waals surface area contributed by atoms with Gasteiger partial charge in [-0.3, -0.25) is 0 Å². The average Bonchev–Trinajstić information content (AvgIpc) is 2.94. The van der Waals surface area contributed by atoms with Crippen LogP contribution >= 0.6 is 15.9 Å². The maximum atomic E-state index is 3.88. The fraction of sp³-hybridized carbons (Fsp3) is 0.241. The van der Waals surface area contributed by atoms with E-state index in [-0.39, 0.29) is 10.8 Å². The number of benzene rings is 4. The van der Waals surface area contributed by atoms with Crippen LogP contribution in [0.15, 0.2) is 77.3 Å².